The van der Waals surface area contributed by atoms with Crippen LogP contribution in [0.25, 0.3) is 0 Å². The number of carbonyl (C=O) groups excluding carboxylic acids is 2. The van der Waals surface area contributed by atoms with Crippen molar-refractivity contribution in [1.82, 2.24) is 15.5 Å². The molecule has 1 aliphatic carbocycles. The van der Waals surface area contributed by atoms with E-state index in [1.54, 1.807) is 0 Å². The Bertz CT molecular complexity index is 398. The topological polar surface area (TPSA) is 70.7 Å². The first-order valence-electron chi connectivity index (χ1n) is 9.03. The Hall–Kier alpha value is -1.14. The first-order valence-corrected chi connectivity index (χ1v) is 9.03. The highest BCUT2D eigenvalue weighted by molar-refractivity contribution is 5.91. The Kier molecular flexibility index (Phi) is 6.84. The molecule has 1 heterocycles. The van der Waals surface area contributed by atoms with Crippen molar-refractivity contribution in [1.29, 1.82) is 0 Å². The SMILES string of the molecule is CCN(CC)C(=O)C1(NC(=O)CC2COCCN2)CCCCC1. The number of rotatable bonds is 6. The van der Waals surface area contributed by atoms with Gasteiger partial charge in [0.2, 0.25) is 11.8 Å². The molecule has 1 unspecified atom stereocenters. The van der Waals surface area contributed by atoms with Crippen LogP contribution in [0.15, 0.2) is 0 Å². The predicted molar refractivity (Wildman–Crippen MR) is 89.1 cm³/mol. The van der Waals surface area contributed by atoms with Gasteiger partial charge in [-0.15, -0.1) is 0 Å². The average Bonchev–Trinajstić information content (AvgIpc) is 2.57. The minimum Gasteiger partial charge on any atom is -0.378 e. The molecule has 1 aliphatic heterocycles. The van der Waals surface area contributed by atoms with Gasteiger partial charge in [0.15, 0.2) is 0 Å². The summed E-state index contributed by atoms with van der Waals surface area (Å²) in [5, 5.41) is 6.40. The minimum absolute atomic E-state index is 0.0459. The van der Waals surface area contributed by atoms with E-state index in [4.69, 9.17) is 4.74 Å². The third kappa shape index (κ3) is 4.67. The molecule has 0 aromatic rings. The van der Waals surface area contributed by atoms with Crippen molar-refractivity contribution in [2.24, 2.45) is 0 Å². The zero-order valence-corrected chi connectivity index (χ0v) is 14.5. The van der Waals surface area contributed by atoms with Crippen LogP contribution in [-0.2, 0) is 14.3 Å². The fraction of sp³-hybridized carbons (Fsp3) is 0.882. The number of likely N-dealkylation sites (N-methyl/N-ethyl adjacent to an activating group) is 1. The molecule has 0 bridgehead atoms. The molecule has 1 saturated heterocycles. The van der Waals surface area contributed by atoms with Crippen molar-refractivity contribution in [2.45, 2.75) is 64.0 Å². The summed E-state index contributed by atoms with van der Waals surface area (Å²) in [6, 6.07) is 0.0490. The van der Waals surface area contributed by atoms with Crippen LogP contribution in [0, 0.1) is 0 Å². The zero-order valence-electron chi connectivity index (χ0n) is 14.5. The van der Waals surface area contributed by atoms with Gasteiger partial charge in [-0.3, -0.25) is 9.59 Å². The number of nitrogens with one attached hydrogen (secondary N) is 2. The normalized spacial score (nSPS) is 24.0. The second-order valence-corrected chi connectivity index (χ2v) is 6.60. The lowest BCUT2D eigenvalue weighted by Gasteiger charge is -2.40. The standard InChI is InChI=1S/C17H31N3O3/c1-3-20(4-2)16(22)17(8-6-5-7-9-17)19-15(21)12-14-13-23-11-10-18-14/h14,18H,3-13H2,1-2H3,(H,19,21). The molecule has 1 atom stereocenters. The van der Waals surface area contributed by atoms with Crippen molar-refractivity contribution < 1.29 is 14.3 Å². The predicted octanol–water partition coefficient (Wildman–Crippen LogP) is 1.05. The monoisotopic (exact) mass is 325 g/mol. The van der Waals surface area contributed by atoms with Gasteiger partial charge in [-0.25, -0.2) is 0 Å². The Morgan fingerprint density at radius 1 is 1.22 bits per heavy atom. The summed E-state index contributed by atoms with van der Waals surface area (Å²) in [6.07, 6.45) is 5.01. The third-order valence-electron chi connectivity index (χ3n) is 4.98. The van der Waals surface area contributed by atoms with E-state index in [-0.39, 0.29) is 17.9 Å². The third-order valence-corrected chi connectivity index (χ3v) is 4.98. The number of morpholine rings is 1. The second-order valence-electron chi connectivity index (χ2n) is 6.60. The summed E-state index contributed by atoms with van der Waals surface area (Å²) in [5.41, 5.74) is -0.698. The van der Waals surface area contributed by atoms with E-state index in [0.717, 1.165) is 38.6 Å². The molecule has 2 aliphatic rings. The van der Waals surface area contributed by atoms with Crippen LogP contribution in [0.2, 0.25) is 0 Å². The number of amides is 2. The van der Waals surface area contributed by atoms with Crippen LogP contribution in [0.4, 0.5) is 0 Å². The van der Waals surface area contributed by atoms with Gasteiger partial charge in [-0.2, -0.15) is 0 Å². The van der Waals surface area contributed by atoms with Gasteiger partial charge >= 0.3 is 0 Å². The average molecular weight is 325 g/mol. The molecule has 0 aromatic heterocycles. The van der Waals surface area contributed by atoms with Crippen LogP contribution in [0.5, 0.6) is 0 Å². The van der Waals surface area contributed by atoms with Gasteiger partial charge in [0.1, 0.15) is 5.54 Å². The first-order chi connectivity index (χ1) is 11.1. The van der Waals surface area contributed by atoms with Gasteiger partial charge < -0.3 is 20.3 Å². The lowest BCUT2D eigenvalue weighted by atomic mass is 9.80. The van der Waals surface area contributed by atoms with Crippen LogP contribution < -0.4 is 10.6 Å². The van der Waals surface area contributed by atoms with Crippen molar-refractivity contribution in [3.05, 3.63) is 0 Å². The fourth-order valence-corrected chi connectivity index (χ4v) is 3.65. The summed E-state index contributed by atoms with van der Waals surface area (Å²) >= 11 is 0. The highest BCUT2D eigenvalue weighted by Gasteiger charge is 2.42. The van der Waals surface area contributed by atoms with E-state index in [9.17, 15) is 9.59 Å². The maximum absolute atomic E-state index is 13.0. The molecule has 6 nitrogen and oxygen atoms in total. The van der Waals surface area contributed by atoms with Gasteiger partial charge in [-0.05, 0) is 26.7 Å². The van der Waals surface area contributed by atoms with Gasteiger partial charge in [-0.1, -0.05) is 19.3 Å². The van der Waals surface area contributed by atoms with Gasteiger partial charge in [0, 0.05) is 32.1 Å². The molecular formula is C17H31N3O3. The van der Waals surface area contributed by atoms with Crippen molar-refractivity contribution in [3.8, 4) is 0 Å². The highest BCUT2D eigenvalue weighted by atomic mass is 16.5. The summed E-state index contributed by atoms with van der Waals surface area (Å²) in [4.78, 5) is 27.3. The summed E-state index contributed by atoms with van der Waals surface area (Å²) in [7, 11) is 0. The molecule has 132 valence electrons. The van der Waals surface area contributed by atoms with Crippen LogP contribution in [0.1, 0.15) is 52.4 Å². The van der Waals surface area contributed by atoms with Gasteiger partial charge in [0.25, 0.3) is 0 Å². The van der Waals surface area contributed by atoms with Crippen molar-refractivity contribution >= 4 is 11.8 Å². The minimum atomic E-state index is -0.698. The second kappa shape index (κ2) is 8.64. The van der Waals surface area contributed by atoms with E-state index < -0.39 is 5.54 Å². The molecule has 2 amide bonds. The smallest absolute Gasteiger partial charge is 0.248 e. The number of nitrogens with zero attached hydrogens (tertiary/aromatic N) is 1. The molecule has 1 saturated carbocycles. The Balaban J connectivity index is 2.02. The van der Waals surface area contributed by atoms with Crippen LogP contribution in [0.3, 0.4) is 0 Å². The molecule has 2 rings (SSSR count). The van der Waals surface area contributed by atoms with E-state index in [2.05, 4.69) is 10.6 Å². The van der Waals surface area contributed by atoms with Crippen molar-refractivity contribution in [2.75, 3.05) is 32.8 Å². The molecule has 2 fully saturated rings. The molecule has 0 radical (unpaired) electrons. The molecular weight excluding hydrogens is 294 g/mol. The number of carbonyl (C=O) groups is 2. The first kappa shape index (κ1) is 18.2. The number of hydrogen-bond donors (Lipinski definition) is 2. The lowest BCUT2D eigenvalue weighted by molar-refractivity contribution is -0.143. The molecule has 0 spiro atoms. The molecule has 2 N–H and O–H groups in total. The van der Waals surface area contributed by atoms with E-state index in [0.29, 0.717) is 32.7 Å². The number of hydrogen-bond acceptors (Lipinski definition) is 4. The maximum atomic E-state index is 13.0. The molecule has 6 heteroatoms. The zero-order chi connectivity index (χ0) is 16.7. The van der Waals surface area contributed by atoms with E-state index in [1.807, 2.05) is 18.7 Å². The van der Waals surface area contributed by atoms with Crippen molar-refractivity contribution in [3.63, 3.8) is 0 Å². The fourth-order valence-electron chi connectivity index (χ4n) is 3.65. The van der Waals surface area contributed by atoms with E-state index in [1.165, 1.54) is 0 Å². The largest absolute Gasteiger partial charge is 0.378 e. The Labute approximate surface area is 139 Å². The number of ether oxygens (including phenoxy) is 1. The summed E-state index contributed by atoms with van der Waals surface area (Å²) in [5.74, 6) is 0.0406. The van der Waals surface area contributed by atoms with Crippen LogP contribution in [-0.4, -0.2) is 61.1 Å². The van der Waals surface area contributed by atoms with Gasteiger partial charge in [0.05, 0.1) is 13.2 Å². The van der Waals surface area contributed by atoms with Crippen LogP contribution >= 0.6 is 0 Å². The summed E-state index contributed by atoms with van der Waals surface area (Å²) in [6.45, 7) is 7.39. The van der Waals surface area contributed by atoms with E-state index >= 15 is 0 Å². The lowest BCUT2D eigenvalue weighted by Crippen LogP contribution is -2.61. The Morgan fingerprint density at radius 2 is 1.91 bits per heavy atom. The molecule has 23 heavy (non-hydrogen) atoms. The summed E-state index contributed by atoms with van der Waals surface area (Å²) < 4.78 is 5.40. The molecule has 0 aromatic carbocycles. The highest BCUT2D eigenvalue weighted by Crippen LogP contribution is 2.30. The maximum Gasteiger partial charge on any atom is 0.248 e. The quantitative estimate of drug-likeness (QED) is 0.766. The Morgan fingerprint density at radius 3 is 2.48 bits per heavy atom.